The monoisotopic (exact) mass is 568 g/mol. The van der Waals surface area contributed by atoms with Crippen molar-refractivity contribution in [1.82, 2.24) is 8.54 Å². The number of methoxy groups -OCH3 is 1. The number of nitrogens with zero attached hydrogens (tertiary/aromatic N) is 2. The molecule has 0 saturated carbocycles. The van der Waals surface area contributed by atoms with Gasteiger partial charge in [-0.25, -0.2) is 21.8 Å². The molecule has 9 nitrogen and oxygen atoms in total. The maximum atomic E-state index is 14.1. The first kappa shape index (κ1) is 27.2. The fourth-order valence-electron chi connectivity index (χ4n) is 4.77. The smallest absolute Gasteiger partial charge is 0.421 e. The average molecular weight is 569 g/mol. The molecule has 0 fully saturated rings. The summed E-state index contributed by atoms with van der Waals surface area (Å²) in [6, 6.07) is 16.3. The number of para-hydroxylation sites is 1. The topological polar surface area (TPSA) is 102 Å². The second-order valence-corrected chi connectivity index (χ2v) is 18.1. The molecule has 2 aromatic heterocycles. The number of aryl methyl sites for hydroxylation is 1. The normalized spacial score (nSPS) is 12.6. The second-order valence-electron chi connectivity index (χ2n) is 10.6. The Morgan fingerprint density at radius 2 is 1.67 bits per heavy atom. The van der Waals surface area contributed by atoms with Crippen LogP contribution in [0.2, 0.25) is 25.7 Å². The molecule has 5 rings (SSSR count). The van der Waals surface area contributed by atoms with Crippen molar-refractivity contribution in [3.63, 3.8) is 0 Å². The summed E-state index contributed by atoms with van der Waals surface area (Å²) >= 11 is 0. The Labute approximate surface area is 227 Å². The highest BCUT2D eigenvalue weighted by Gasteiger charge is 2.31. The van der Waals surface area contributed by atoms with Gasteiger partial charge < -0.3 is 18.6 Å². The van der Waals surface area contributed by atoms with E-state index in [1.54, 1.807) is 49.4 Å². The summed E-state index contributed by atoms with van der Waals surface area (Å²) < 4.78 is 53.9. The molecule has 3 aromatic carbocycles. The van der Waals surface area contributed by atoms with E-state index in [0.717, 1.165) is 6.04 Å². The summed E-state index contributed by atoms with van der Waals surface area (Å²) in [4.78, 5) is 13.3. The van der Waals surface area contributed by atoms with Crippen molar-refractivity contribution in [3.05, 3.63) is 70.7 Å². The van der Waals surface area contributed by atoms with Crippen molar-refractivity contribution in [2.45, 2.75) is 44.2 Å². The van der Waals surface area contributed by atoms with Crippen LogP contribution in [-0.4, -0.2) is 45.5 Å². The third-order valence-electron chi connectivity index (χ3n) is 6.68. The molecule has 0 amide bonds. The van der Waals surface area contributed by atoms with Crippen molar-refractivity contribution in [3.8, 4) is 5.75 Å². The molecule has 5 aromatic rings. The molecule has 0 aliphatic heterocycles. The molecule has 0 atom stereocenters. The van der Waals surface area contributed by atoms with Gasteiger partial charge in [0.15, 0.2) is 18.1 Å². The minimum absolute atomic E-state index is 0.00727. The molecule has 39 heavy (non-hydrogen) atoms. The molecule has 0 N–H and O–H groups in total. The first-order valence-corrected chi connectivity index (χ1v) is 17.8. The van der Waals surface area contributed by atoms with Gasteiger partial charge in [-0.2, -0.15) is 0 Å². The van der Waals surface area contributed by atoms with Gasteiger partial charge in [0.25, 0.3) is 10.0 Å². The van der Waals surface area contributed by atoms with Crippen LogP contribution in [0.4, 0.5) is 0 Å². The standard InChI is InChI=1S/C28H32N2O7SSi/c1-19-24-27(37-28(31)29(24)17-35-15-16-39(3,4)5)23-21-13-9-10-14-22(21)30(25(23)26(19)36-18-34-2)38(32,33)20-11-7-6-8-12-20/h6-14H,15-18H2,1-5H3. The molecular weight excluding hydrogens is 536 g/mol. The molecule has 0 unspecified atom stereocenters. The van der Waals surface area contributed by atoms with Crippen LogP contribution in [0, 0.1) is 6.92 Å². The van der Waals surface area contributed by atoms with E-state index < -0.39 is 23.9 Å². The van der Waals surface area contributed by atoms with E-state index in [1.807, 2.05) is 12.1 Å². The quantitative estimate of drug-likeness (QED) is 0.124. The molecule has 11 heteroatoms. The summed E-state index contributed by atoms with van der Waals surface area (Å²) in [5, 5.41) is 1.08. The van der Waals surface area contributed by atoms with Crippen LogP contribution in [0.5, 0.6) is 5.75 Å². The summed E-state index contributed by atoms with van der Waals surface area (Å²) in [5.41, 5.74) is 2.03. The SMILES string of the molecule is COCOc1c(C)c2c(oc(=O)n2COCC[Si](C)(C)C)c2c3ccccc3n(S(=O)(=O)c3ccccc3)c12. The molecule has 2 heterocycles. The van der Waals surface area contributed by atoms with Gasteiger partial charge in [0, 0.05) is 32.7 Å². The lowest BCUT2D eigenvalue weighted by molar-refractivity contribution is 0.0516. The summed E-state index contributed by atoms with van der Waals surface area (Å²) in [5.74, 6) is -0.305. The van der Waals surface area contributed by atoms with Crippen LogP contribution in [-0.2, 0) is 26.2 Å². The molecule has 206 valence electrons. The van der Waals surface area contributed by atoms with E-state index >= 15 is 0 Å². The van der Waals surface area contributed by atoms with Gasteiger partial charge in [-0.3, -0.25) is 0 Å². The Bertz CT molecular complexity index is 1830. The van der Waals surface area contributed by atoms with Crippen molar-refractivity contribution in [1.29, 1.82) is 0 Å². The molecular formula is C28H32N2O7SSi. The third-order valence-corrected chi connectivity index (χ3v) is 10.1. The lowest BCUT2D eigenvalue weighted by Gasteiger charge is -2.16. The number of aromatic nitrogens is 2. The predicted molar refractivity (Wildman–Crippen MR) is 154 cm³/mol. The van der Waals surface area contributed by atoms with Gasteiger partial charge in [-0.05, 0) is 31.2 Å². The molecule has 0 aliphatic carbocycles. The highest BCUT2D eigenvalue weighted by atomic mass is 32.2. The van der Waals surface area contributed by atoms with Crippen molar-refractivity contribution in [2.75, 3.05) is 20.5 Å². The maximum absolute atomic E-state index is 14.1. The molecule has 0 spiro atoms. The first-order chi connectivity index (χ1) is 18.6. The van der Waals surface area contributed by atoms with Crippen LogP contribution in [0.25, 0.3) is 32.9 Å². The van der Waals surface area contributed by atoms with Crippen LogP contribution >= 0.6 is 0 Å². The van der Waals surface area contributed by atoms with Gasteiger partial charge in [0.05, 0.1) is 21.3 Å². The Morgan fingerprint density at radius 1 is 0.974 bits per heavy atom. The molecule has 0 bridgehead atoms. The van der Waals surface area contributed by atoms with Gasteiger partial charge in [-0.1, -0.05) is 56.0 Å². The zero-order valence-corrected chi connectivity index (χ0v) is 24.5. The van der Waals surface area contributed by atoms with E-state index in [0.29, 0.717) is 34.0 Å². The van der Waals surface area contributed by atoms with Crippen molar-refractivity contribution in [2.24, 2.45) is 0 Å². The zero-order valence-electron chi connectivity index (χ0n) is 22.7. The number of hydrogen-bond donors (Lipinski definition) is 0. The molecule has 0 saturated heterocycles. The molecule has 0 radical (unpaired) electrons. The summed E-state index contributed by atoms with van der Waals surface area (Å²) in [6.45, 7) is 8.96. The highest BCUT2D eigenvalue weighted by Crippen LogP contribution is 2.44. The summed E-state index contributed by atoms with van der Waals surface area (Å²) in [7, 11) is -3.90. The Morgan fingerprint density at radius 3 is 2.36 bits per heavy atom. The van der Waals surface area contributed by atoms with Crippen LogP contribution in [0.15, 0.2) is 68.7 Å². The Kier molecular flexibility index (Phi) is 7.18. The van der Waals surface area contributed by atoms with Gasteiger partial charge in [-0.15, -0.1) is 0 Å². The average Bonchev–Trinajstić information content (AvgIpc) is 3.42. The minimum atomic E-state index is -4.07. The van der Waals surface area contributed by atoms with Gasteiger partial charge >= 0.3 is 5.76 Å². The molecule has 0 aliphatic rings. The van der Waals surface area contributed by atoms with E-state index in [1.165, 1.54) is 15.6 Å². The van der Waals surface area contributed by atoms with E-state index in [-0.39, 0.29) is 35.3 Å². The predicted octanol–water partition coefficient (Wildman–Crippen LogP) is 5.54. The fraction of sp³-hybridized carbons (Fsp3) is 0.321. The Hall–Kier alpha value is -3.38. The second kappa shape index (κ2) is 10.3. The number of oxazole rings is 1. The van der Waals surface area contributed by atoms with Crippen LogP contribution in [0.1, 0.15) is 5.56 Å². The number of rotatable bonds is 10. The van der Waals surface area contributed by atoms with Crippen molar-refractivity contribution >= 4 is 51.0 Å². The number of hydrogen-bond acceptors (Lipinski definition) is 7. The number of fused-ring (bicyclic) bond motifs is 5. The number of benzene rings is 3. The van der Waals surface area contributed by atoms with Crippen molar-refractivity contribution < 1.29 is 27.0 Å². The van der Waals surface area contributed by atoms with Crippen LogP contribution in [0.3, 0.4) is 0 Å². The van der Waals surface area contributed by atoms with Gasteiger partial charge in [0.1, 0.15) is 12.2 Å². The number of ether oxygens (including phenoxy) is 3. The third kappa shape index (κ3) is 4.80. The largest absolute Gasteiger partial charge is 0.465 e. The lowest BCUT2D eigenvalue weighted by Crippen LogP contribution is -2.23. The van der Waals surface area contributed by atoms with Crippen LogP contribution < -0.4 is 10.5 Å². The summed E-state index contributed by atoms with van der Waals surface area (Å²) in [6.07, 6.45) is 0. The maximum Gasteiger partial charge on any atom is 0.421 e. The zero-order chi connectivity index (χ0) is 27.9. The van der Waals surface area contributed by atoms with E-state index in [2.05, 4.69) is 19.6 Å². The van der Waals surface area contributed by atoms with Gasteiger partial charge in [0.2, 0.25) is 0 Å². The Balaban J connectivity index is 1.84. The highest BCUT2D eigenvalue weighted by molar-refractivity contribution is 7.90. The lowest BCUT2D eigenvalue weighted by atomic mass is 10.1. The van der Waals surface area contributed by atoms with E-state index in [4.69, 9.17) is 18.6 Å². The fourth-order valence-corrected chi connectivity index (χ4v) is 7.07. The minimum Gasteiger partial charge on any atom is -0.465 e. The first-order valence-electron chi connectivity index (χ1n) is 12.7. The van der Waals surface area contributed by atoms with E-state index in [9.17, 15) is 13.2 Å².